The van der Waals surface area contributed by atoms with E-state index in [-0.39, 0.29) is 11.3 Å². The van der Waals surface area contributed by atoms with Crippen molar-refractivity contribution in [1.82, 2.24) is 4.98 Å². The molecule has 162 valence electrons. The lowest BCUT2D eigenvalue weighted by molar-refractivity contribution is 0.0598. The summed E-state index contributed by atoms with van der Waals surface area (Å²) in [6, 6.07) is 1.58. The molecule has 0 aliphatic heterocycles. The molecule has 0 amide bonds. The highest BCUT2D eigenvalue weighted by molar-refractivity contribution is 5.98. The quantitative estimate of drug-likeness (QED) is 0.413. The maximum absolute atomic E-state index is 11.3. The Bertz CT molecular complexity index is 433. The van der Waals surface area contributed by atoms with Crippen LogP contribution in [-0.2, 0) is 4.74 Å². The highest BCUT2D eigenvalue weighted by Crippen LogP contribution is 2.18. The van der Waals surface area contributed by atoms with Crippen LogP contribution in [0, 0.1) is 0 Å². The fourth-order valence-electron chi connectivity index (χ4n) is 1.22. The van der Waals surface area contributed by atoms with E-state index < -0.39 is 5.97 Å². The molecule has 1 heterocycles. The zero-order valence-corrected chi connectivity index (χ0v) is 20.2. The molecule has 0 aliphatic carbocycles. The van der Waals surface area contributed by atoms with E-state index >= 15 is 0 Å². The van der Waals surface area contributed by atoms with Gasteiger partial charge in [-0.05, 0) is 18.1 Å². The number of esters is 1. The van der Waals surface area contributed by atoms with E-state index in [1.165, 1.54) is 20.0 Å². The third-order valence-corrected chi connectivity index (χ3v) is 2.68. The van der Waals surface area contributed by atoms with Crippen LogP contribution >= 0.6 is 0 Å². The predicted molar refractivity (Wildman–Crippen MR) is 123 cm³/mol. The SMILES string of the molecule is C=C(CC)c1cc(C(=O)OC)c(C=O)[nH]1.CC.CC.CC.CC.CCCC. The molecule has 1 aromatic rings. The van der Waals surface area contributed by atoms with Gasteiger partial charge in [0.15, 0.2) is 6.29 Å². The fraction of sp³-hybridized carbons (Fsp3) is 0.652. The molecule has 0 unspecified atom stereocenters. The second kappa shape index (κ2) is 31.9. The summed E-state index contributed by atoms with van der Waals surface area (Å²) in [6.45, 7) is 26.1. The van der Waals surface area contributed by atoms with Crippen LogP contribution in [0.2, 0.25) is 0 Å². The van der Waals surface area contributed by atoms with Gasteiger partial charge in [-0.3, -0.25) is 4.79 Å². The highest BCUT2D eigenvalue weighted by atomic mass is 16.5. The van der Waals surface area contributed by atoms with Crippen LogP contribution in [0.1, 0.15) is 122 Å². The fourth-order valence-corrected chi connectivity index (χ4v) is 1.22. The number of carbonyl (C=O) groups excluding carboxylic acids is 2. The third-order valence-electron chi connectivity index (χ3n) is 2.68. The van der Waals surface area contributed by atoms with Crippen molar-refractivity contribution in [3.8, 4) is 0 Å². The molecule has 1 N–H and O–H groups in total. The first-order valence-electron chi connectivity index (χ1n) is 10.5. The van der Waals surface area contributed by atoms with Gasteiger partial charge < -0.3 is 9.72 Å². The number of hydrogen-bond donors (Lipinski definition) is 1. The van der Waals surface area contributed by atoms with Gasteiger partial charge >= 0.3 is 5.97 Å². The molecule has 27 heavy (non-hydrogen) atoms. The maximum Gasteiger partial charge on any atom is 0.340 e. The first kappa shape index (κ1) is 36.1. The standard InChI is InChI=1S/C11H13NO3.C4H10.4C2H6/c1-4-7(2)9-5-8(11(14)15-3)10(6-13)12-9;1-3-4-2;4*1-2/h5-6,12H,2,4H2,1,3H3;3-4H2,1-2H3;4*1-2H3. The summed E-state index contributed by atoms with van der Waals surface area (Å²) in [4.78, 5) is 24.8. The monoisotopic (exact) mass is 385 g/mol. The average Bonchev–Trinajstić information content (AvgIpc) is 3.23. The van der Waals surface area contributed by atoms with Crippen molar-refractivity contribution in [1.29, 1.82) is 0 Å². The number of aromatic amines is 1. The molecular formula is C23H47NO3. The Kier molecular flexibility index (Phi) is 42.7. The first-order chi connectivity index (χ1) is 13.0. The van der Waals surface area contributed by atoms with Gasteiger partial charge in [-0.1, -0.05) is 95.6 Å². The van der Waals surface area contributed by atoms with E-state index in [2.05, 4.69) is 30.1 Å². The van der Waals surface area contributed by atoms with Crippen molar-refractivity contribution in [3.05, 3.63) is 29.6 Å². The second-order valence-electron chi connectivity index (χ2n) is 4.08. The van der Waals surface area contributed by atoms with E-state index in [1.807, 2.05) is 62.3 Å². The lowest BCUT2D eigenvalue weighted by Crippen LogP contribution is -2.02. The largest absolute Gasteiger partial charge is 0.465 e. The maximum atomic E-state index is 11.3. The van der Waals surface area contributed by atoms with Crippen LogP contribution in [0.15, 0.2) is 12.6 Å². The number of allylic oxidation sites excluding steroid dienone is 1. The molecule has 0 atom stereocenters. The Labute approximate surface area is 169 Å². The van der Waals surface area contributed by atoms with Gasteiger partial charge in [-0.25, -0.2) is 4.79 Å². The molecule has 0 aromatic carbocycles. The van der Waals surface area contributed by atoms with Crippen LogP contribution in [-0.4, -0.2) is 24.3 Å². The summed E-state index contributed by atoms with van der Waals surface area (Å²) in [5.41, 5.74) is 2.01. The van der Waals surface area contributed by atoms with E-state index in [0.29, 0.717) is 12.0 Å². The molecule has 0 aliphatic rings. The van der Waals surface area contributed by atoms with E-state index in [4.69, 9.17) is 0 Å². The molecular weight excluding hydrogens is 338 g/mol. The van der Waals surface area contributed by atoms with Crippen LogP contribution in [0.5, 0.6) is 0 Å². The number of ether oxygens (including phenoxy) is 1. The third kappa shape index (κ3) is 18.7. The van der Waals surface area contributed by atoms with E-state index in [1.54, 1.807) is 6.07 Å². The number of aldehydes is 1. The molecule has 0 fully saturated rings. The number of H-pyrrole nitrogens is 1. The van der Waals surface area contributed by atoms with Crippen LogP contribution in [0.25, 0.3) is 5.57 Å². The summed E-state index contributed by atoms with van der Waals surface area (Å²) >= 11 is 0. The predicted octanol–water partition coefficient (Wildman–Crippen LogP) is 7.95. The summed E-state index contributed by atoms with van der Waals surface area (Å²) in [6.07, 6.45) is 3.98. The second-order valence-corrected chi connectivity index (χ2v) is 4.08. The minimum atomic E-state index is -0.525. The molecule has 4 nitrogen and oxygen atoms in total. The molecule has 0 bridgehead atoms. The summed E-state index contributed by atoms with van der Waals surface area (Å²) in [5.74, 6) is -0.525. The Hall–Kier alpha value is -1.84. The van der Waals surface area contributed by atoms with Gasteiger partial charge in [0.05, 0.1) is 18.4 Å². The zero-order valence-electron chi connectivity index (χ0n) is 20.2. The van der Waals surface area contributed by atoms with E-state index in [9.17, 15) is 9.59 Å². The van der Waals surface area contributed by atoms with Gasteiger partial charge in [0.25, 0.3) is 0 Å². The summed E-state index contributed by atoms with van der Waals surface area (Å²) in [7, 11) is 1.28. The lowest BCUT2D eigenvalue weighted by Gasteiger charge is -1.95. The number of aromatic nitrogens is 1. The van der Waals surface area contributed by atoms with Crippen LogP contribution in [0.3, 0.4) is 0 Å². The zero-order chi connectivity index (χ0) is 22.8. The van der Waals surface area contributed by atoms with Gasteiger partial charge in [-0.2, -0.15) is 0 Å². The topological polar surface area (TPSA) is 59.2 Å². The number of hydrogen-bond acceptors (Lipinski definition) is 3. The lowest BCUT2D eigenvalue weighted by atomic mass is 10.1. The minimum absolute atomic E-state index is 0.228. The number of nitrogens with one attached hydrogen (secondary N) is 1. The Balaban J connectivity index is -0.000000113. The van der Waals surface area contributed by atoms with Crippen molar-refractivity contribution in [2.45, 2.75) is 95.4 Å². The van der Waals surface area contributed by atoms with Gasteiger partial charge in [0.1, 0.15) is 0 Å². The molecule has 1 rings (SSSR count). The average molecular weight is 386 g/mol. The highest BCUT2D eigenvalue weighted by Gasteiger charge is 2.15. The van der Waals surface area contributed by atoms with Crippen molar-refractivity contribution in [3.63, 3.8) is 0 Å². The van der Waals surface area contributed by atoms with Crippen molar-refractivity contribution in [2.24, 2.45) is 0 Å². The number of rotatable bonds is 5. The van der Waals surface area contributed by atoms with Gasteiger partial charge in [0, 0.05) is 5.69 Å². The molecule has 0 saturated carbocycles. The van der Waals surface area contributed by atoms with Crippen molar-refractivity contribution < 1.29 is 14.3 Å². The molecule has 4 heteroatoms. The number of carbonyl (C=O) groups is 2. The molecule has 0 radical (unpaired) electrons. The number of methoxy groups -OCH3 is 1. The van der Waals surface area contributed by atoms with Crippen molar-refractivity contribution in [2.75, 3.05) is 7.11 Å². The Morgan fingerprint density at radius 2 is 1.41 bits per heavy atom. The van der Waals surface area contributed by atoms with Crippen molar-refractivity contribution >= 4 is 17.8 Å². The summed E-state index contributed by atoms with van der Waals surface area (Å²) in [5, 5.41) is 0. The van der Waals surface area contributed by atoms with Crippen LogP contribution in [0.4, 0.5) is 0 Å². The van der Waals surface area contributed by atoms with Gasteiger partial charge in [0.2, 0.25) is 0 Å². The molecule has 0 saturated heterocycles. The Morgan fingerprint density at radius 1 is 1.00 bits per heavy atom. The minimum Gasteiger partial charge on any atom is -0.465 e. The molecule has 0 spiro atoms. The van der Waals surface area contributed by atoms with E-state index in [0.717, 1.165) is 12.0 Å². The first-order valence-corrected chi connectivity index (χ1v) is 10.5. The van der Waals surface area contributed by atoms with Crippen LogP contribution < -0.4 is 0 Å². The molecule has 1 aromatic heterocycles. The van der Waals surface area contributed by atoms with Gasteiger partial charge in [-0.15, -0.1) is 0 Å². The number of unbranched alkanes of at least 4 members (excludes halogenated alkanes) is 1. The normalized spacial score (nSPS) is 7.41. The summed E-state index contributed by atoms with van der Waals surface area (Å²) < 4.78 is 4.56. The Morgan fingerprint density at radius 3 is 1.67 bits per heavy atom. The smallest absolute Gasteiger partial charge is 0.340 e.